The van der Waals surface area contributed by atoms with Crippen molar-refractivity contribution in [3.8, 4) is 34.3 Å². The molecule has 0 saturated heterocycles. The summed E-state index contributed by atoms with van der Waals surface area (Å²) in [6, 6.07) is 18.2. The Balaban J connectivity index is 1.23. The third-order valence-electron chi connectivity index (χ3n) is 10.8. The van der Waals surface area contributed by atoms with E-state index in [9.17, 15) is 85.0 Å². The number of phenolic OH excluding ortho intramolecular Hbond substituents is 1. The molecular weight excluding hydrogens is 1150 g/mol. The summed E-state index contributed by atoms with van der Waals surface area (Å²) < 4.78 is 180. The first-order chi connectivity index (χ1) is 36.4. The summed E-state index contributed by atoms with van der Waals surface area (Å²) in [7, 11) is -26.0. The molecule has 35 heteroatoms. The summed E-state index contributed by atoms with van der Waals surface area (Å²) in [5, 5.41) is 59.3. The number of hydrogen-bond acceptors (Lipinski definition) is 23. The van der Waals surface area contributed by atoms with Crippen LogP contribution in [0.25, 0.3) is 37.9 Å². The monoisotopic (exact) mass is 1190 g/mol. The Hall–Kier alpha value is -8.10. The zero-order valence-electron chi connectivity index (χ0n) is 38.8. The van der Waals surface area contributed by atoms with Gasteiger partial charge >= 0.3 is 5.97 Å². The Morgan fingerprint density at radius 3 is 1.96 bits per heavy atom. The number of fused-ring (bicyclic) bond motifs is 2. The molecule has 0 spiro atoms. The molecule has 0 amide bonds. The zero-order valence-corrected chi connectivity index (χ0v) is 43.7. The number of aromatic hydroxyl groups is 2. The van der Waals surface area contributed by atoms with Gasteiger partial charge in [0.05, 0.1) is 44.4 Å². The number of azo groups is 3. The molecule has 8 rings (SSSR count). The number of benzene rings is 6. The Kier molecular flexibility index (Phi) is 15.1. The van der Waals surface area contributed by atoms with Crippen LogP contribution in [0, 0.1) is 6.92 Å². The second kappa shape index (κ2) is 21.0. The molecule has 0 aliphatic carbocycles. The van der Waals surface area contributed by atoms with Crippen molar-refractivity contribution in [2.24, 2.45) is 30.7 Å². The maximum atomic E-state index is 13.2. The van der Waals surface area contributed by atoms with Crippen molar-refractivity contribution in [3.05, 3.63) is 108 Å². The number of carboxylic acids is 1. The van der Waals surface area contributed by atoms with Crippen LogP contribution in [-0.2, 0) is 50.6 Å². The van der Waals surface area contributed by atoms with Crippen LogP contribution in [0.1, 0.15) is 22.3 Å². The van der Waals surface area contributed by atoms with Gasteiger partial charge in [-0.05, 0) is 79.6 Å². The molecule has 2 aromatic heterocycles. The molecule has 0 bridgehead atoms. The number of nitrogens with zero attached hydrogens (tertiary/aromatic N) is 9. The lowest BCUT2D eigenvalue weighted by molar-refractivity contribution is 0.0696. The number of ether oxygens (including phenoxy) is 1. The van der Waals surface area contributed by atoms with E-state index < -0.39 is 127 Å². The Morgan fingerprint density at radius 2 is 1.32 bits per heavy atom. The number of thiazole rings is 1. The first kappa shape index (κ1) is 56.1. The lowest BCUT2D eigenvalue weighted by atomic mass is 10.1. The molecule has 0 atom stereocenters. The number of carboxylic acid groups (broad SMARTS) is 1. The van der Waals surface area contributed by atoms with Gasteiger partial charge in [-0.3, -0.25) is 22.8 Å². The highest BCUT2D eigenvalue weighted by molar-refractivity contribution is 7.87. The molecular formula is C43H33N9O20S6. The van der Waals surface area contributed by atoms with Crippen molar-refractivity contribution in [2.75, 3.05) is 12.4 Å². The maximum Gasteiger partial charge on any atom is 0.335 e. The van der Waals surface area contributed by atoms with Gasteiger partial charge < -0.3 is 20.1 Å². The lowest BCUT2D eigenvalue weighted by Gasteiger charge is -2.13. The SMILES string of the molecule is Cc1cc(N=Nc2c(S(=O)(=O)O)cc3c(S(=O)(=O)O)c(N=Nc4c(-c5ccccc5)nn(-c5ccc(S(=O)(=O)O)cc5S(=O)(=O)O)c4O)ccc3c2O)c(OCCCS(=O)(=O)O)cc1N=Nc1nc2ccc(C(=O)O)cc2s1. The minimum absolute atomic E-state index is 0.00617. The van der Waals surface area contributed by atoms with Crippen LogP contribution in [0.15, 0.2) is 147 Å². The van der Waals surface area contributed by atoms with Crippen LogP contribution >= 0.6 is 11.3 Å². The van der Waals surface area contributed by atoms with Crippen molar-refractivity contribution < 1.29 is 89.7 Å². The molecule has 0 radical (unpaired) electrons. The number of rotatable bonds is 18. The van der Waals surface area contributed by atoms with E-state index in [2.05, 4.69) is 40.8 Å². The fourth-order valence-electron chi connectivity index (χ4n) is 7.29. The Bertz CT molecular complexity index is 4490. The zero-order chi connectivity index (χ0) is 56.9. The van der Waals surface area contributed by atoms with Crippen LogP contribution in [-0.4, -0.2) is 113 Å². The second-order valence-corrected chi connectivity index (χ2v) is 24.2. The predicted octanol–water partition coefficient (Wildman–Crippen LogP) is 8.61. The number of carbonyl (C=O) groups is 1. The summed E-state index contributed by atoms with van der Waals surface area (Å²) >= 11 is 1.01. The highest BCUT2D eigenvalue weighted by Crippen LogP contribution is 2.48. The molecule has 8 N–H and O–H groups in total. The van der Waals surface area contributed by atoms with Gasteiger partial charge in [-0.25, -0.2) is 9.78 Å². The number of aromatic nitrogens is 3. The first-order valence-corrected chi connectivity index (χ1v) is 29.4. The molecule has 6 aromatic carbocycles. The average Bonchev–Trinajstić information content (AvgIpc) is 4.09. The normalized spacial score (nSPS) is 12.9. The Morgan fingerprint density at radius 1 is 0.654 bits per heavy atom. The molecule has 406 valence electrons. The largest absolute Gasteiger partial charge is 0.505 e. The molecule has 0 fully saturated rings. The quantitative estimate of drug-likeness (QED) is 0.0226. The maximum absolute atomic E-state index is 13.2. The number of aryl methyl sites for hydroxylation is 1. The average molecular weight is 1190 g/mol. The first-order valence-electron chi connectivity index (χ1n) is 21.2. The topological polar surface area (TPSA) is 464 Å². The van der Waals surface area contributed by atoms with Crippen molar-refractivity contribution in [3.63, 3.8) is 0 Å². The molecule has 78 heavy (non-hydrogen) atoms. The molecule has 0 saturated carbocycles. The van der Waals surface area contributed by atoms with E-state index in [4.69, 9.17) is 4.74 Å². The fraction of sp³-hybridized carbons (Fsp3) is 0.0930. The number of phenols is 1. The smallest absolute Gasteiger partial charge is 0.335 e. The van der Waals surface area contributed by atoms with E-state index in [0.29, 0.717) is 38.7 Å². The highest BCUT2D eigenvalue weighted by atomic mass is 32.2. The van der Waals surface area contributed by atoms with Crippen LogP contribution in [0.5, 0.6) is 17.4 Å². The van der Waals surface area contributed by atoms with Gasteiger partial charge in [0.25, 0.3) is 50.6 Å². The van der Waals surface area contributed by atoms with Crippen LogP contribution in [0.4, 0.5) is 33.6 Å². The van der Waals surface area contributed by atoms with Crippen molar-refractivity contribution in [1.82, 2.24) is 14.8 Å². The fourth-order valence-corrected chi connectivity index (χ4v) is 11.3. The van der Waals surface area contributed by atoms with Gasteiger partial charge in [0, 0.05) is 22.4 Å². The molecule has 29 nitrogen and oxygen atoms in total. The minimum atomic E-state index is -5.58. The van der Waals surface area contributed by atoms with Gasteiger partial charge in [-0.1, -0.05) is 41.7 Å². The van der Waals surface area contributed by atoms with E-state index >= 15 is 0 Å². The van der Waals surface area contributed by atoms with Crippen molar-refractivity contribution in [1.29, 1.82) is 0 Å². The third-order valence-corrected chi connectivity index (χ3v) is 16.0. The second-order valence-electron chi connectivity index (χ2n) is 16.1. The van der Waals surface area contributed by atoms with E-state index in [1.165, 1.54) is 61.5 Å². The molecule has 0 aliphatic heterocycles. The van der Waals surface area contributed by atoms with E-state index in [1.807, 2.05) is 0 Å². The summed E-state index contributed by atoms with van der Waals surface area (Å²) in [5.74, 6) is -4.37. The minimum Gasteiger partial charge on any atom is -0.505 e. The standard InChI is InChI=1S/C43H33N9O20S6/c1-21-16-30(32(72-14-5-15-74(57,58)59)20-29(21)46-50-43-44-27-11-8-23(42(55)56)17-33(27)73-43)47-48-37-35(77(66,67)68)19-26-25(39(37)53)10-12-28(40(26)78(69,70)71)45-49-38-36(22-6-3-2-4-7-22)51-52(41(38)54)31-13-9-24(75(60,61)62)18-34(31)76(63,64)65/h2-4,6-13,16-20,53-54H,5,14-15H2,1H3,(H,55,56)(H,57,58,59)(H,60,61,62)(H,63,64,65)(H,66,67,68)(H,69,70,71). The van der Waals surface area contributed by atoms with Crippen LogP contribution in [0.3, 0.4) is 0 Å². The third kappa shape index (κ3) is 12.2. The van der Waals surface area contributed by atoms with Gasteiger partial charge in [0.2, 0.25) is 11.0 Å². The number of hydrogen-bond donors (Lipinski definition) is 8. The van der Waals surface area contributed by atoms with Gasteiger partial charge in [-0.15, -0.1) is 30.7 Å². The van der Waals surface area contributed by atoms with E-state index in [0.717, 1.165) is 29.5 Å². The predicted molar refractivity (Wildman–Crippen MR) is 272 cm³/mol. The summed E-state index contributed by atoms with van der Waals surface area (Å²) in [6.07, 6.45) is -0.270. The van der Waals surface area contributed by atoms with Crippen LogP contribution < -0.4 is 4.74 Å². The lowest BCUT2D eigenvalue weighted by Crippen LogP contribution is -2.09. The van der Waals surface area contributed by atoms with E-state index in [1.54, 1.807) is 6.07 Å². The molecule has 0 unspecified atom stereocenters. The summed E-state index contributed by atoms with van der Waals surface area (Å²) in [4.78, 5) is 11.0. The highest BCUT2D eigenvalue weighted by Gasteiger charge is 2.30. The van der Waals surface area contributed by atoms with Gasteiger partial charge in [-0.2, -0.15) is 51.9 Å². The van der Waals surface area contributed by atoms with Gasteiger partial charge in [0.15, 0.2) is 11.4 Å². The van der Waals surface area contributed by atoms with Crippen LogP contribution in [0.2, 0.25) is 0 Å². The van der Waals surface area contributed by atoms with Gasteiger partial charge in [0.1, 0.15) is 43.2 Å². The summed E-state index contributed by atoms with van der Waals surface area (Å²) in [5.41, 5.74) is -2.84. The van der Waals surface area contributed by atoms with Crippen molar-refractivity contribution in [2.45, 2.75) is 32.9 Å². The summed E-state index contributed by atoms with van der Waals surface area (Å²) in [6.45, 7) is 1.12. The molecule has 8 aromatic rings. The van der Waals surface area contributed by atoms with Crippen molar-refractivity contribution >= 4 is 122 Å². The Labute approximate surface area is 443 Å². The molecule has 2 heterocycles. The number of aromatic carboxylic acids is 1. The van der Waals surface area contributed by atoms with E-state index in [-0.39, 0.29) is 52.1 Å². The molecule has 0 aliphatic rings.